The molecule has 20 heavy (non-hydrogen) atoms. The summed E-state index contributed by atoms with van der Waals surface area (Å²) >= 11 is 0. The minimum absolute atomic E-state index is 0.822. The van der Waals surface area contributed by atoms with E-state index < -0.39 is 0 Å². The second kappa shape index (κ2) is 5.58. The van der Waals surface area contributed by atoms with E-state index in [2.05, 4.69) is 42.6 Å². The van der Waals surface area contributed by atoms with Crippen LogP contribution in [0.5, 0.6) is 0 Å². The van der Waals surface area contributed by atoms with E-state index in [0.717, 1.165) is 17.9 Å². The second-order valence-electron chi connectivity index (χ2n) is 5.75. The molecule has 0 saturated heterocycles. The fraction of sp³-hybridized carbons (Fsp3) is 0.333. The first-order valence-corrected chi connectivity index (χ1v) is 7.43. The maximum absolute atomic E-state index is 6.03. The molecule has 0 radical (unpaired) electrons. The Labute approximate surface area is 121 Å². The molecule has 2 nitrogen and oxygen atoms in total. The van der Waals surface area contributed by atoms with Crippen LogP contribution in [0.2, 0.25) is 0 Å². The van der Waals surface area contributed by atoms with Crippen LogP contribution in [0, 0.1) is 6.92 Å². The summed E-state index contributed by atoms with van der Waals surface area (Å²) in [6.45, 7) is 2.89. The zero-order valence-electron chi connectivity index (χ0n) is 12.1. The molecule has 0 heterocycles. The van der Waals surface area contributed by atoms with E-state index >= 15 is 0 Å². The molecule has 0 unspecified atom stereocenters. The Balaban J connectivity index is 1.72. The van der Waals surface area contributed by atoms with Gasteiger partial charge in [-0.3, -0.25) is 0 Å². The van der Waals surface area contributed by atoms with Gasteiger partial charge in [-0.25, -0.2) is 0 Å². The predicted molar refractivity (Wildman–Crippen MR) is 86.0 cm³/mol. The lowest BCUT2D eigenvalue weighted by molar-refractivity contribution is 0.684. The molecule has 0 atom stereocenters. The maximum Gasteiger partial charge on any atom is 0.0576 e. The van der Waals surface area contributed by atoms with Crippen LogP contribution in [-0.2, 0) is 19.4 Å². The number of nitrogen functional groups attached to an aromatic ring is 1. The lowest BCUT2D eigenvalue weighted by Crippen LogP contribution is -2.06. The Bertz CT molecular complexity index is 617. The van der Waals surface area contributed by atoms with Crippen LogP contribution in [0.4, 0.5) is 11.4 Å². The molecule has 0 aliphatic heterocycles. The first-order valence-electron chi connectivity index (χ1n) is 7.43. The third-order valence-corrected chi connectivity index (χ3v) is 4.10. The van der Waals surface area contributed by atoms with E-state index in [1.54, 1.807) is 0 Å². The number of nitrogens with two attached hydrogens (primary N) is 1. The molecule has 0 bridgehead atoms. The summed E-state index contributed by atoms with van der Waals surface area (Å²) < 4.78 is 0. The largest absolute Gasteiger partial charge is 0.397 e. The van der Waals surface area contributed by atoms with E-state index in [1.807, 2.05) is 6.07 Å². The van der Waals surface area contributed by atoms with Crippen molar-refractivity contribution >= 4 is 11.4 Å². The Morgan fingerprint density at radius 3 is 2.60 bits per heavy atom. The van der Waals surface area contributed by atoms with E-state index in [1.165, 1.54) is 47.9 Å². The molecule has 0 amide bonds. The fourth-order valence-corrected chi connectivity index (χ4v) is 2.94. The van der Waals surface area contributed by atoms with Gasteiger partial charge in [-0.2, -0.15) is 0 Å². The van der Waals surface area contributed by atoms with Crippen LogP contribution in [0.1, 0.15) is 35.1 Å². The van der Waals surface area contributed by atoms with Gasteiger partial charge < -0.3 is 11.1 Å². The van der Waals surface area contributed by atoms with Gasteiger partial charge in [-0.15, -0.1) is 0 Å². The SMILES string of the molecule is Cc1ccc(NCc2ccc3c(c2)CCCC3)c(N)c1. The summed E-state index contributed by atoms with van der Waals surface area (Å²) in [4.78, 5) is 0. The van der Waals surface area contributed by atoms with Gasteiger partial charge in [0.2, 0.25) is 0 Å². The molecule has 2 heteroatoms. The predicted octanol–water partition coefficient (Wildman–Crippen LogP) is 4.07. The molecular formula is C18H22N2. The van der Waals surface area contributed by atoms with Crippen LogP contribution in [-0.4, -0.2) is 0 Å². The molecule has 3 N–H and O–H groups in total. The van der Waals surface area contributed by atoms with Gasteiger partial charge >= 0.3 is 0 Å². The van der Waals surface area contributed by atoms with Crippen LogP contribution in [0.15, 0.2) is 36.4 Å². The molecule has 0 spiro atoms. The lowest BCUT2D eigenvalue weighted by atomic mass is 9.90. The van der Waals surface area contributed by atoms with Gasteiger partial charge in [0, 0.05) is 6.54 Å². The zero-order chi connectivity index (χ0) is 13.9. The van der Waals surface area contributed by atoms with Gasteiger partial charge in [-0.1, -0.05) is 24.3 Å². The highest BCUT2D eigenvalue weighted by atomic mass is 14.9. The number of fused-ring (bicyclic) bond motifs is 1. The molecule has 1 aliphatic carbocycles. The highest BCUT2D eigenvalue weighted by Crippen LogP contribution is 2.24. The molecule has 0 saturated carbocycles. The van der Waals surface area contributed by atoms with Crippen molar-refractivity contribution in [1.82, 2.24) is 0 Å². The smallest absolute Gasteiger partial charge is 0.0576 e. The highest BCUT2D eigenvalue weighted by Gasteiger charge is 2.09. The molecule has 1 aliphatic rings. The molecule has 3 rings (SSSR count). The van der Waals surface area contributed by atoms with Crippen LogP contribution in [0.3, 0.4) is 0 Å². The number of nitrogens with one attached hydrogen (secondary N) is 1. The standard InChI is InChI=1S/C18H22N2/c1-13-6-9-18(17(19)10-13)20-12-14-7-8-15-4-2-3-5-16(15)11-14/h6-11,20H,2-5,12,19H2,1H3. The number of benzene rings is 2. The van der Waals surface area contributed by atoms with Crippen molar-refractivity contribution in [2.24, 2.45) is 0 Å². The summed E-state index contributed by atoms with van der Waals surface area (Å²) in [6.07, 6.45) is 5.14. The summed E-state index contributed by atoms with van der Waals surface area (Å²) in [5.74, 6) is 0. The molecule has 2 aromatic rings. The molecule has 0 fully saturated rings. The number of rotatable bonds is 3. The molecular weight excluding hydrogens is 244 g/mol. The van der Waals surface area contributed by atoms with Crippen LogP contribution >= 0.6 is 0 Å². The van der Waals surface area contributed by atoms with E-state index in [4.69, 9.17) is 5.73 Å². The first-order chi connectivity index (χ1) is 9.72. The molecule has 0 aromatic heterocycles. The van der Waals surface area contributed by atoms with Gasteiger partial charge in [0.05, 0.1) is 11.4 Å². The van der Waals surface area contributed by atoms with Crippen molar-refractivity contribution in [2.45, 2.75) is 39.2 Å². The first kappa shape index (κ1) is 13.0. The van der Waals surface area contributed by atoms with Crippen LogP contribution in [0.25, 0.3) is 0 Å². The highest BCUT2D eigenvalue weighted by molar-refractivity contribution is 5.66. The topological polar surface area (TPSA) is 38.0 Å². The number of anilines is 2. The Morgan fingerprint density at radius 2 is 1.80 bits per heavy atom. The number of hydrogen-bond donors (Lipinski definition) is 2. The van der Waals surface area contributed by atoms with Gasteiger partial charge in [-0.05, 0) is 67.0 Å². The van der Waals surface area contributed by atoms with Crippen molar-refractivity contribution in [3.8, 4) is 0 Å². The Morgan fingerprint density at radius 1 is 1.00 bits per heavy atom. The maximum atomic E-state index is 6.03. The summed E-state index contributed by atoms with van der Waals surface area (Å²) in [5, 5.41) is 3.44. The van der Waals surface area contributed by atoms with E-state index in [-0.39, 0.29) is 0 Å². The average molecular weight is 266 g/mol. The minimum Gasteiger partial charge on any atom is -0.397 e. The normalized spacial score (nSPS) is 13.8. The van der Waals surface area contributed by atoms with Crippen molar-refractivity contribution in [1.29, 1.82) is 0 Å². The van der Waals surface area contributed by atoms with Gasteiger partial charge in [0.1, 0.15) is 0 Å². The Hall–Kier alpha value is -1.96. The van der Waals surface area contributed by atoms with Crippen molar-refractivity contribution in [3.05, 3.63) is 58.7 Å². The lowest BCUT2D eigenvalue weighted by Gasteiger charge is -2.17. The van der Waals surface area contributed by atoms with Gasteiger partial charge in [0.15, 0.2) is 0 Å². The summed E-state index contributed by atoms with van der Waals surface area (Å²) in [5.41, 5.74) is 13.5. The monoisotopic (exact) mass is 266 g/mol. The van der Waals surface area contributed by atoms with Crippen molar-refractivity contribution in [3.63, 3.8) is 0 Å². The third-order valence-electron chi connectivity index (χ3n) is 4.10. The summed E-state index contributed by atoms with van der Waals surface area (Å²) in [6, 6.07) is 13.0. The second-order valence-corrected chi connectivity index (χ2v) is 5.75. The molecule has 104 valence electrons. The third kappa shape index (κ3) is 2.79. The van der Waals surface area contributed by atoms with Crippen LogP contribution < -0.4 is 11.1 Å². The average Bonchev–Trinajstić information content (AvgIpc) is 2.46. The van der Waals surface area contributed by atoms with Crippen molar-refractivity contribution in [2.75, 3.05) is 11.1 Å². The minimum atomic E-state index is 0.822. The van der Waals surface area contributed by atoms with Gasteiger partial charge in [0.25, 0.3) is 0 Å². The molecule has 2 aromatic carbocycles. The van der Waals surface area contributed by atoms with Crippen molar-refractivity contribution < 1.29 is 0 Å². The fourth-order valence-electron chi connectivity index (χ4n) is 2.94. The van der Waals surface area contributed by atoms with E-state index in [0.29, 0.717) is 0 Å². The quantitative estimate of drug-likeness (QED) is 0.822. The summed E-state index contributed by atoms with van der Waals surface area (Å²) in [7, 11) is 0. The zero-order valence-corrected chi connectivity index (χ0v) is 12.1. The number of hydrogen-bond acceptors (Lipinski definition) is 2. The number of aryl methyl sites for hydroxylation is 3. The Kier molecular flexibility index (Phi) is 3.64. The van der Waals surface area contributed by atoms with E-state index in [9.17, 15) is 0 Å².